The SMILES string of the molecule is CC(C)C(C)NCCN1CCC(C(C)(C)C)CC1. The Bertz CT molecular complexity index is 222. The molecule has 0 aromatic carbocycles. The van der Waals surface area contributed by atoms with Gasteiger partial charge in [-0.1, -0.05) is 34.6 Å². The van der Waals surface area contributed by atoms with Gasteiger partial charge in [-0.2, -0.15) is 0 Å². The summed E-state index contributed by atoms with van der Waals surface area (Å²) < 4.78 is 0. The maximum absolute atomic E-state index is 3.63. The smallest absolute Gasteiger partial charge is 0.0107 e. The van der Waals surface area contributed by atoms with Crippen molar-refractivity contribution in [1.29, 1.82) is 0 Å². The van der Waals surface area contributed by atoms with Crippen molar-refractivity contribution < 1.29 is 0 Å². The standard InChI is InChI=1S/C16H34N2/c1-13(2)14(3)17-9-12-18-10-7-15(8-11-18)16(4,5)6/h13-15,17H,7-12H2,1-6H3. The molecule has 1 saturated heterocycles. The molecule has 1 rings (SSSR count). The van der Waals surface area contributed by atoms with Gasteiger partial charge in [-0.3, -0.25) is 0 Å². The molecular weight excluding hydrogens is 220 g/mol. The summed E-state index contributed by atoms with van der Waals surface area (Å²) in [6.45, 7) is 19.0. The lowest BCUT2D eigenvalue weighted by atomic mass is 9.75. The molecule has 1 aliphatic rings. The lowest BCUT2D eigenvalue weighted by molar-refractivity contribution is 0.112. The lowest BCUT2D eigenvalue weighted by Crippen LogP contribution is -2.42. The minimum atomic E-state index is 0.497. The van der Waals surface area contributed by atoms with E-state index in [0.717, 1.165) is 18.4 Å². The largest absolute Gasteiger partial charge is 0.313 e. The van der Waals surface area contributed by atoms with Crippen molar-refractivity contribution in [2.45, 2.75) is 60.4 Å². The second kappa shape index (κ2) is 6.91. The van der Waals surface area contributed by atoms with E-state index in [1.165, 1.54) is 32.5 Å². The average molecular weight is 254 g/mol. The number of nitrogens with one attached hydrogen (secondary N) is 1. The lowest BCUT2D eigenvalue weighted by Gasteiger charge is -2.39. The van der Waals surface area contributed by atoms with Crippen LogP contribution in [0.3, 0.4) is 0 Å². The normalized spacial score (nSPS) is 21.5. The van der Waals surface area contributed by atoms with Crippen LogP contribution in [0, 0.1) is 17.3 Å². The van der Waals surface area contributed by atoms with Crippen LogP contribution in [0.1, 0.15) is 54.4 Å². The fourth-order valence-electron chi connectivity index (χ4n) is 2.71. The van der Waals surface area contributed by atoms with E-state index in [1.54, 1.807) is 0 Å². The van der Waals surface area contributed by atoms with Crippen LogP contribution in [-0.4, -0.2) is 37.1 Å². The van der Waals surface area contributed by atoms with Gasteiger partial charge in [0.1, 0.15) is 0 Å². The number of hydrogen-bond donors (Lipinski definition) is 1. The summed E-state index contributed by atoms with van der Waals surface area (Å²) >= 11 is 0. The van der Waals surface area contributed by atoms with E-state index >= 15 is 0 Å². The van der Waals surface area contributed by atoms with Gasteiger partial charge in [-0.15, -0.1) is 0 Å². The number of nitrogens with zero attached hydrogens (tertiary/aromatic N) is 1. The van der Waals surface area contributed by atoms with Gasteiger partial charge in [0.2, 0.25) is 0 Å². The van der Waals surface area contributed by atoms with Crippen LogP contribution >= 0.6 is 0 Å². The molecule has 0 radical (unpaired) electrons. The third-order valence-corrected chi connectivity index (χ3v) is 4.71. The van der Waals surface area contributed by atoms with Gasteiger partial charge in [0, 0.05) is 19.1 Å². The molecule has 0 aromatic rings. The van der Waals surface area contributed by atoms with Crippen molar-refractivity contribution in [2.75, 3.05) is 26.2 Å². The van der Waals surface area contributed by atoms with Crippen LogP contribution in [0.25, 0.3) is 0 Å². The Balaban J connectivity index is 2.16. The van der Waals surface area contributed by atoms with Gasteiger partial charge in [-0.25, -0.2) is 0 Å². The van der Waals surface area contributed by atoms with Crippen LogP contribution in [0.5, 0.6) is 0 Å². The summed E-state index contributed by atoms with van der Waals surface area (Å²) in [4.78, 5) is 2.63. The highest BCUT2D eigenvalue weighted by molar-refractivity contribution is 4.81. The van der Waals surface area contributed by atoms with E-state index < -0.39 is 0 Å². The Kier molecular flexibility index (Phi) is 6.13. The van der Waals surface area contributed by atoms with Crippen LogP contribution in [0.15, 0.2) is 0 Å². The molecule has 1 fully saturated rings. The van der Waals surface area contributed by atoms with Crippen molar-refractivity contribution in [3.63, 3.8) is 0 Å². The molecule has 1 N–H and O–H groups in total. The van der Waals surface area contributed by atoms with E-state index in [9.17, 15) is 0 Å². The molecule has 1 aliphatic heterocycles. The van der Waals surface area contributed by atoms with E-state index in [0.29, 0.717) is 11.5 Å². The van der Waals surface area contributed by atoms with Crippen LogP contribution in [0.4, 0.5) is 0 Å². The van der Waals surface area contributed by atoms with Crippen molar-refractivity contribution in [3.05, 3.63) is 0 Å². The number of likely N-dealkylation sites (tertiary alicyclic amines) is 1. The highest BCUT2D eigenvalue weighted by Gasteiger charge is 2.28. The van der Waals surface area contributed by atoms with E-state index in [-0.39, 0.29) is 0 Å². The van der Waals surface area contributed by atoms with E-state index in [1.807, 2.05) is 0 Å². The summed E-state index contributed by atoms with van der Waals surface area (Å²) in [6.07, 6.45) is 2.76. The predicted octanol–water partition coefficient (Wildman–Crippen LogP) is 3.38. The molecule has 0 bridgehead atoms. The summed E-state index contributed by atoms with van der Waals surface area (Å²) in [6, 6.07) is 0.636. The van der Waals surface area contributed by atoms with Crippen molar-refractivity contribution in [1.82, 2.24) is 10.2 Å². The monoisotopic (exact) mass is 254 g/mol. The Morgan fingerprint density at radius 1 is 1.11 bits per heavy atom. The van der Waals surface area contributed by atoms with Gasteiger partial charge in [0.25, 0.3) is 0 Å². The highest BCUT2D eigenvalue weighted by Crippen LogP contribution is 2.33. The minimum absolute atomic E-state index is 0.497. The van der Waals surface area contributed by atoms with Gasteiger partial charge in [0.15, 0.2) is 0 Å². The Morgan fingerprint density at radius 3 is 2.11 bits per heavy atom. The number of rotatable bonds is 5. The average Bonchev–Trinajstić information content (AvgIpc) is 2.28. The Labute approximate surface area is 115 Å². The van der Waals surface area contributed by atoms with Crippen molar-refractivity contribution >= 4 is 0 Å². The van der Waals surface area contributed by atoms with Gasteiger partial charge in [0.05, 0.1) is 0 Å². The fraction of sp³-hybridized carbons (Fsp3) is 1.00. The highest BCUT2D eigenvalue weighted by atomic mass is 15.1. The molecule has 0 saturated carbocycles. The molecule has 0 aliphatic carbocycles. The van der Waals surface area contributed by atoms with Gasteiger partial charge < -0.3 is 10.2 Å². The fourth-order valence-corrected chi connectivity index (χ4v) is 2.71. The maximum atomic E-state index is 3.63. The topological polar surface area (TPSA) is 15.3 Å². The molecule has 18 heavy (non-hydrogen) atoms. The van der Waals surface area contributed by atoms with E-state index in [2.05, 4.69) is 51.8 Å². The number of piperidine rings is 1. The molecule has 2 heteroatoms. The summed E-state index contributed by atoms with van der Waals surface area (Å²) in [5, 5.41) is 3.63. The first-order valence-corrected chi connectivity index (χ1v) is 7.76. The van der Waals surface area contributed by atoms with Crippen LogP contribution in [0.2, 0.25) is 0 Å². The maximum Gasteiger partial charge on any atom is 0.0107 e. The first kappa shape index (κ1) is 16.0. The summed E-state index contributed by atoms with van der Waals surface area (Å²) in [5.74, 6) is 1.65. The van der Waals surface area contributed by atoms with Crippen molar-refractivity contribution in [3.8, 4) is 0 Å². The number of hydrogen-bond acceptors (Lipinski definition) is 2. The Hall–Kier alpha value is -0.0800. The second-order valence-corrected chi connectivity index (χ2v) is 7.47. The third-order valence-electron chi connectivity index (χ3n) is 4.71. The molecule has 0 spiro atoms. The quantitative estimate of drug-likeness (QED) is 0.809. The molecule has 2 nitrogen and oxygen atoms in total. The van der Waals surface area contributed by atoms with Gasteiger partial charge >= 0.3 is 0 Å². The zero-order valence-electron chi connectivity index (χ0n) is 13.4. The van der Waals surface area contributed by atoms with Crippen molar-refractivity contribution in [2.24, 2.45) is 17.3 Å². The predicted molar refractivity (Wildman–Crippen MR) is 80.9 cm³/mol. The third kappa shape index (κ3) is 5.27. The zero-order valence-corrected chi connectivity index (χ0v) is 13.4. The minimum Gasteiger partial charge on any atom is -0.313 e. The molecular formula is C16H34N2. The molecule has 1 unspecified atom stereocenters. The van der Waals surface area contributed by atoms with Crippen LogP contribution < -0.4 is 5.32 Å². The molecule has 108 valence electrons. The van der Waals surface area contributed by atoms with Crippen LogP contribution in [-0.2, 0) is 0 Å². The molecule has 1 atom stereocenters. The van der Waals surface area contributed by atoms with Gasteiger partial charge in [-0.05, 0) is 50.1 Å². The van der Waals surface area contributed by atoms with E-state index in [4.69, 9.17) is 0 Å². The first-order valence-electron chi connectivity index (χ1n) is 7.76. The Morgan fingerprint density at radius 2 is 1.67 bits per heavy atom. The summed E-state index contributed by atoms with van der Waals surface area (Å²) in [5.41, 5.74) is 0.497. The summed E-state index contributed by atoms with van der Waals surface area (Å²) in [7, 11) is 0. The molecule has 0 aromatic heterocycles. The zero-order chi connectivity index (χ0) is 13.8. The second-order valence-electron chi connectivity index (χ2n) is 7.47. The molecule has 1 heterocycles. The molecule has 0 amide bonds. The first-order chi connectivity index (χ1) is 8.30.